The molecule has 1 aromatic carbocycles. The van der Waals surface area contributed by atoms with Gasteiger partial charge in [0.25, 0.3) is 0 Å². The Kier molecular flexibility index (Phi) is 6.49. The van der Waals surface area contributed by atoms with E-state index in [-0.39, 0.29) is 12.0 Å². The molecule has 0 bridgehead atoms. The number of hydrogen-bond donors (Lipinski definition) is 1. The number of benzene rings is 1. The third-order valence-corrected chi connectivity index (χ3v) is 3.68. The fourth-order valence-corrected chi connectivity index (χ4v) is 2.25. The second-order valence-electron chi connectivity index (χ2n) is 5.64. The Morgan fingerprint density at radius 2 is 1.89 bits per heavy atom. The van der Waals surface area contributed by atoms with Crippen molar-refractivity contribution in [3.63, 3.8) is 0 Å². The van der Waals surface area contributed by atoms with E-state index in [9.17, 15) is 5.11 Å². The Hall–Kier alpha value is -0.900. The van der Waals surface area contributed by atoms with Crippen LogP contribution < -0.4 is 0 Å². The van der Waals surface area contributed by atoms with Crippen molar-refractivity contribution in [2.75, 3.05) is 33.4 Å². The van der Waals surface area contributed by atoms with Gasteiger partial charge in [0.05, 0.1) is 13.2 Å². The van der Waals surface area contributed by atoms with Crippen molar-refractivity contribution < 1.29 is 9.84 Å². The van der Waals surface area contributed by atoms with Gasteiger partial charge in [-0.05, 0) is 19.4 Å². The maximum absolute atomic E-state index is 9.84. The fraction of sp³-hybridized carbons (Fsp3) is 0.625. The average molecular weight is 265 g/mol. The summed E-state index contributed by atoms with van der Waals surface area (Å²) in [4.78, 5) is 2.35. The van der Waals surface area contributed by atoms with E-state index in [2.05, 4.69) is 37.8 Å². The molecule has 1 rings (SSSR count). The van der Waals surface area contributed by atoms with Crippen LogP contribution in [0.2, 0.25) is 0 Å². The first kappa shape index (κ1) is 16.2. The lowest BCUT2D eigenvalue weighted by Crippen LogP contribution is -2.45. The van der Waals surface area contributed by atoms with Gasteiger partial charge < -0.3 is 9.84 Å². The van der Waals surface area contributed by atoms with E-state index in [4.69, 9.17) is 4.74 Å². The van der Waals surface area contributed by atoms with E-state index in [1.807, 2.05) is 18.2 Å². The Morgan fingerprint density at radius 3 is 2.37 bits per heavy atom. The number of aliphatic hydroxyl groups is 1. The molecule has 0 saturated heterocycles. The van der Waals surface area contributed by atoms with Crippen LogP contribution in [0.4, 0.5) is 0 Å². The third-order valence-electron chi connectivity index (χ3n) is 3.68. The normalized spacial score (nSPS) is 14.9. The average Bonchev–Trinajstić information content (AvgIpc) is 2.43. The molecule has 0 aliphatic heterocycles. The van der Waals surface area contributed by atoms with Crippen molar-refractivity contribution >= 4 is 0 Å². The van der Waals surface area contributed by atoms with E-state index < -0.39 is 0 Å². The summed E-state index contributed by atoms with van der Waals surface area (Å²) in [5.41, 5.74) is 0.944. The molecular weight excluding hydrogens is 238 g/mol. The van der Waals surface area contributed by atoms with Crippen molar-refractivity contribution in [1.29, 1.82) is 0 Å². The molecule has 1 N–H and O–H groups in total. The molecule has 0 saturated carbocycles. The van der Waals surface area contributed by atoms with Crippen LogP contribution in [0, 0.1) is 0 Å². The maximum Gasteiger partial charge on any atom is 0.0589 e. The van der Waals surface area contributed by atoms with Crippen molar-refractivity contribution in [1.82, 2.24) is 4.90 Å². The van der Waals surface area contributed by atoms with Gasteiger partial charge >= 0.3 is 0 Å². The lowest BCUT2D eigenvalue weighted by Gasteiger charge is -2.36. The molecule has 0 aromatic heterocycles. The van der Waals surface area contributed by atoms with Crippen LogP contribution in [0.15, 0.2) is 30.3 Å². The summed E-state index contributed by atoms with van der Waals surface area (Å²) in [7, 11) is 1.72. The minimum atomic E-state index is -0.237. The number of aliphatic hydroxyl groups excluding tert-OH is 1. The molecule has 3 heteroatoms. The Morgan fingerprint density at radius 1 is 1.26 bits per heavy atom. The SMILES string of the molecule is COCCN(CC(C)(CO)c1ccccc1)C(C)C. The van der Waals surface area contributed by atoms with E-state index in [0.717, 1.165) is 13.1 Å². The molecule has 108 valence electrons. The van der Waals surface area contributed by atoms with Crippen LogP contribution in [0.5, 0.6) is 0 Å². The van der Waals surface area contributed by atoms with E-state index in [0.29, 0.717) is 12.6 Å². The highest BCUT2D eigenvalue weighted by Gasteiger charge is 2.29. The predicted octanol–water partition coefficient (Wildman–Crippen LogP) is 2.29. The second-order valence-corrected chi connectivity index (χ2v) is 5.64. The van der Waals surface area contributed by atoms with Gasteiger partial charge in [0.2, 0.25) is 0 Å². The molecule has 0 aliphatic rings. The number of hydrogen-bond acceptors (Lipinski definition) is 3. The largest absolute Gasteiger partial charge is 0.395 e. The summed E-state index contributed by atoms with van der Waals surface area (Å²) < 4.78 is 5.17. The molecule has 19 heavy (non-hydrogen) atoms. The lowest BCUT2D eigenvalue weighted by molar-refractivity contribution is 0.0906. The third kappa shape index (κ3) is 4.60. The monoisotopic (exact) mass is 265 g/mol. The molecule has 0 aliphatic carbocycles. The summed E-state index contributed by atoms with van der Waals surface area (Å²) in [6.07, 6.45) is 0. The van der Waals surface area contributed by atoms with Gasteiger partial charge in [0.15, 0.2) is 0 Å². The second kappa shape index (κ2) is 7.63. The first-order valence-electron chi connectivity index (χ1n) is 6.93. The van der Waals surface area contributed by atoms with Gasteiger partial charge in [-0.1, -0.05) is 37.3 Å². The Labute approximate surface area is 117 Å². The summed E-state index contributed by atoms with van der Waals surface area (Å²) >= 11 is 0. The summed E-state index contributed by atoms with van der Waals surface area (Å²) in [6.45, 7) is 9.05. The highest BCUT2D eigenvalue weighted by Crippen LogP contribution is 2.25. The molecule has 0 radical (unpaired) electrons. The molecule has 0 spiro atoms. The van der Waals surface area contributed by atoms with Gasteiger partial charge in [0, 0.05) is 31.7 Å². The van der Waals surface area contributed by atoms with Crippen LogP contribution in [0.3, 0.4) is 0 Å². The number of ether oxygens (including phenoxy) is 1. The highest BCUT2D eigenvalue weighted by molar-refractivity contribution is 5.25. The van der Waals surface area contributed by atoms with Crippen LogP contribution in [0.1, 0.15) is 26.3 Å². The van der Waals surface area contributed by atoms with Gasteiger partial charge in [-0.15, -0.1) is 0 Å². The first-order chi connectivity index (χ1) is 9.03. The Bertz CT molecular complexity index is 353. The maximum atomic E-state index is 9.84. The van der Waals surface area contributed by atoms with E-state index in [1.165, 1.54) is 5.56 Å². The fourth-order valence-electron chi connectivity index (χ4n) is 2.25. The summed E-state index contributed by atoms with van der Waals surface area (Å²) in [5.74, 6) is 0. The smallest absolute Gasteiger partial charge is 0.0589 e. The molecule has 0 fully saturated rings. The minimum Gasteiger partial charge on any atom is -0.395 e. The predicted molar refractivity (Wildman–Crippen MR) is 79.5 cm³/mol. The topological polar surface area (TPSA) is 32.7 Å². The summed E-state index contributed by atoms with van der Waals surface area (Å²) in [5, 5.41) is 9.84. The van der Waals surface area contributed by atoms with Crippen molar-refractivity contribution in [3.05, 3.63) is 35.9 Å². The van der Waals surface area contributed by atoms with Gasteiger partial charge in [0.1, 0.15) is 0 Å². The molecule has 0 amide bonds. The number of nitrogens with zero attached hydrogens (tertiary/aromatic N) is 1. The zero-order valence-electron chi connectivity index (χ0n) is 12.6. The molecule has 1 unspecified atom stereocenters. The lowest BCUT2D eigenvalue weighted by atomic mass is 9.82. The standard InChI is InChI=1S/C16H27NO2/c1-14(2)17(10-11-19-4)12-16(3,13-18)15-8-6-5-7-9-15/h5-9,14,18H,10-13H2,1-4H3. The van der Waals surface area contributed by atoms with Crippen LogP contribution in [-0.2, 0) is 10.2 Å². The van der Waals surface area contributed by atoms with Gasteiger partial charge in [-0.25, -0.2) is 0 Å². The summed E-state index contributed by atoms with van der Waals surface area (Å²) in [6, 6.07) is 10.7. The van der Waals surface area contributed by atoms with Gasteiger partial charge in [-0.2, -0.15) is 0 Å². The van der Waals surface area contributed by atoms with Crippen molar-refractivity contribution in [2.24, 2.45) is 0 Å². The molecule has 1 aromatic rings. The van der Waals surface area contributed by atoms with E-state index in [1.54, 1.807) is 7.11 Å². The van der Waals surface area contributed by atoms with Crippen LogP contribution >= 0.6 is 0 Å². The highest BCUT2D eigenvalue weighted by atomic mass is 16.5. The quantitative estimate of drug-likeness (QED) is 0.783. The van der Waals surface area contributed by atoms with E-state index >= 15 is 0 Å². The van der Waals surface area contributed by atoms with Crippen LogP contribution in [0.25, 0.3) is 0 Å². The minimum absolute atomic E-state index is 0.146. The molecule has 3 nitrogen and oxygen atoms in total. The molecule has 0 heterocycles. The Balaban J connectivity index is 2.83. The zero-order chi connectivity index (χ0) is 14.3. The van der Waals surface area contributed by atoms with Gasteiger partial charge in [-0.3, -0.25) is 4.90 Å². The van der Waals surface area contributed by atoms with Crippen LogP contribution in [-0.4, -0.2) is 49.5 Å². The zero-order valence-corrected chi connectivity index (χ0v) is 12.6. The van der Waals surface area contributed by atoms with Crippen molar-refractivity contribution in [3.8, 4) is 0 Å². The van der Waals surface area contributed by atoms with Crippen molar-refractivity contribution in [2.45, 2.75) is 32.2 Å². The number of methoxy groups -OCH3 is 1. The molecular formula is C16H27NO2. The first-order valence-corrected chi connectivity index (χ1v) is 6.93. The molecule has 1 atom stereocenters. The number of rotatable bonds is 8.